The van der Waals surface area contributed by atoms with Crippen molar-refractivity contribution in [3.63, 3.8) is 0 Å². The minimum absolute atomic E-state index is 0.0912. The number of piperidine rings is 1. The van der Waals surface area contributed by atoms with Gasteiger partial charge in [0.05, 0.1) is 34.9 Å². The molecular weight excluding hydrogens is 610 g/mol. The van der Waals surface area contributed by atoms with E-state index in [0.717, 1.165) is 67.1 Å². The maximum Gasteiger partial charge on any atom is 0.420 e. The minimum Gasteiger partial charge on any atom is -0.490 e. The van der Waals surface area contributed by atoms with E-state index in [0.29, 0.717) is 17.8 Å². The van der Waals surface area contributed by atoms with Crippen molar-refractivity contribution in [3.8, 4) is 23.1 Å². The summed E-state index contributed by atoms with van der Waals surface area (Å²) in [5, 5.41) is 8.87. The van der Waals surface area contributed by atoms with E-state index < -0.39 is 40.3 Å². The van der Waals surface area contributed by atoms with Crippen LogP contribution in [0.15, 0.2) is 54.7 Å². The van der Waals surface area contributed by atoms with Crippen molar-refractivity contribution in [1.82, 2.24) is 9.88 Å². The van der Waals surface area contributed by atoms with Gasteiger partial charge in [-0.2, -0.15) is 18.4 Å². The standard InChI is InChI=1S/C32H29F4N5O3S/c1-31(2)29(43)40(26-11-6-21(18-37)27(28(26)33)32(34,35)36)30(45)41(31)22-7-10-25(38-19-22)20-4-8-23(9-5-20)44-24-12-15-39(16-13-24)14-3-17-42/h4-11,17,19,24H,3,12-16H2,1-2H3. The van der Waals surface area contributed by atoms with Gasteiger partial charge in [-0.05, 0) is 87.4 Å². The van der Waals surface area contributed by atoms with Crippen molar-refractivity contribution in [2.75, 3.05) is 29.4 Å². The number of aromatic nitrogens is 1. The molecule has 2 aliphatic rings. The highest BCUT2D eigenvalue weighted by molar-refractivity contribution is 7.81. The van der Waals surface area contributed by atoms with Crippen LogP contribution in [-0.4, -0.2) is 58.5 Å². The molecule has 3 aromatic rings. The Kier molecular flexibility index (Phi) is 8.91. The molecule has 2 saturated heterocycles. The summed E-state index contributed by atoms with van der Waals surface area (Å²) in [5.74, 6) is -1.76. The Bertz CT molecular complexity index is 1650. The highest BCUT2D eigenvalue weighted by Gasteiger charge is 2.52. The average Bonchev–Trinajstić information content (AvgIpc) is 3.19. The molecule has 8 nitrogen and oxygen atoms in total. The molecule has 0 spiro atoms. The molecule has 2 fully saturated rings. The number of ether oxygens (including phenoxy) is 1. The Hall–Kier alpha value is -4.41. The summed E-state index contributed by atoms with van der Waals surface area (Å²) in [5.41, 5.74) is -2.93. The zero-order valence-corrected chi connectivity index (χ0v) is 25.3. The molecule has 5 rings (SSSR count). The molecule has 3 heterocycles. The zero-order valence-electron chi connectivity index (χ0n) is 24.5. The second kappa shape index (κ2) is 12.5. The average molecular weight is 640 g/mol. The molecule has 1 amide bonds. The van der Waals surface area contributed by atoms with E-state index >= 15 is 4.39 Å². The first-order valence-corrected chi connectivity index (χ1v) is 14.6. The van der Waals surface area contributed by atoms with Gasteiger partial charge in [-0.3, -0.25) is 14.7 Å². The molecule has 234 valence electrons. The molecule has 13 heteroatoms. The molecule has 1 aromatic heterocycles. The van der Waals surface area contributed by atoms with E-state index in [1.54, 1.807) is 12.1 Å². The SMILES string of the molecule is CC1(C)C(=O)N(c2ccc(C#N)c(C(F)(F)F)c2F)C(=S)N1c1ccc(-c2ccc(OC3CCN(CCC=O)CC3)cc2)nc1. The van der Waals surface area contributed by atoms with Crippen LogP contribution in [0.5, 0.6) is 5.75 Å². The predicted octanol–water partition coefficient (Wildman–Crippen LogP) is 6.13. The van der Waals surface area contributed by atoms with Crippen LogP contribution in [0.4, 0.5) is 28.9 Å². The number of rotatable bonds is 8. The van der Waals surface area contributed by atoms with Crippen molar-refractivity contribution >= 4 is 40.9 Å². The smallest absolute Gasteiger partial charge is 0.420 e. The number of carbonyl (C=O) groups excluding carboxylic acids is 2. The number of aldehydes is 1. The minimum atomic E-state index is -5.16. The molecule has 45 heavy (non-hydrogen) atoms. The first-order chi connectivity index (χ1) is 21.4. The Morgan fingerprint density at radius 1 is 1.11 bits per heavy atom. The van der Waals surface area contributed by atoms with Gasteiger partial charge in [0, 0.05) is 31.6 Å². The monoisotopic (exact) mass is 639 g/mol. The Balaban J connectivity index is 1.32. The first-order valence-electron chi connectivity index (χ1n) is 14.2. The van der Waals surface area contributed by atoms with Crippen molar-refractivity contribution < 1.29 is 31.9 Å². The summed E-state index contributed by atoms with van der Waals surface area (Å²) >= 11 is 5.50. The number of alkyl halides is 3. The number of likely N-dealkylation sites (tertiary alicyclic amines) is 1. The highest BCUT2D eigenvalue weighted by Crippen LogP contribution is 2.42. The van der Waals surface area contributed by atoms with Crippen LogP contribution in [0, 0.1) is 17.1 Å². The third kappa shape index (κ3) is 6.25. The van der Waals surface area contributed by atoms with Crippen LogP contribution >= 0.6 is 12.2 Å². The second-order valence-corrected chi connectivity index (χ2v) is 11.7. The van der Waals surface area contributed by atoms with Gasteiger partial charge in [-0.1, -0.05) is 0 Å². The van der Waals surface area contributed by atoms with Crippen LogP contribution in [-0.2, 0) is 15.8 Å². The number of carbonyl (C=O) groups is 2. The van der Waals surface area contributed by atoms with Gasteiger partial charge < -0.3 is 19.3 Å². The molecule has 0 atom stereocenters. The van der Waals surface area contributed by atoms with Crippen molar-refractivity contribution in [1.29, 1.82) is 5.26 Å². The lowest BCUT2D eigenvalue weighted by Gasteiger charge is -2.31. The van der Waals surface area contributed by atoms with Gasteiger partial charge in [-0.15, -0.1) is 0 Å². The fraction of sp³-hybridized carbons (Fsp3) is 0.344. The van der Waals surface area contributed by atoms with E-state index in [4.69, 9.17) is 22.2 Å². The summed E-state index contributed by atoms with van der Waals surface area (Å²) in [6.45, 7) is 5.57. The quantitative estimate of drug-likeness (QED) is 0.165. The van der Waals surface area contributed by atoms with Crippen LogP contribution in [0.3, 0.4) is 0 Å². The number of nitrogens with zero attached hydrogens (tertiary/aromatic N) is 5. The lowest BCUT2D eigenvalue weighted by atomic mass is 10.0. The second-order valence-electron chi connectivity index (χ2n) is 11.3. The van der Waals surface area contributed by atoms with Gasteiger partial charge in [0.25, 0.3) is 5.91 Å². The van der Waals surface area contributed by atoms with Crippen LogP contribution in [0.1, 0.15) is 44.2 Å². The number of pyridine rings is 1. The molecule has 0 unspecified atom stereocenters. The number of hydrogen-bond donors (Lipinski definition) is 0. The Labute approximate surface area is 262 Å². The van der Waals surface area contributed by atoms with Crippen molar-refractivity contribution in [3.05, 3.63) is 71.7 Å². The molecule has 0 saturated carbocycles. The molecule has 0 aliphatic carbocycles. The topological polar surface area (TPSA) is 89.8 Å². The van der Waals surface area contributed by atoms with E-state index in [9.17, 15) is 22.8 Å². The zero-order chi connectivity index (χ0) is 32.5. The third-order valence-electron chi connectivity index (χ3n) is 7.99. The molecule has 0 radical (unpaired) electrons. The molecule has 0 bridgehead atoms. The van der Waals surface area contributed by atoms with E-state index in [-0.39, 0.29) is 11.2 Å². The number of thiocarbonyl (C=S) groups is 1. The lowest BCUT2D eigenvalue weighted by Crippen LogP contribution is -2.44. The maximum absolute atomic E-state index is 15.3. The summed E-state index contributed by atoms with van der Waals surface area (Å²) in [6.07, 6.45) is -0.369. The van der Waals surface area contributed by atoms with E-state index in [1.165, 1.54) is 31.0 Å². The van der Waals surface area contributed by atoms with Crippen LogP contribution in [0.2, 0.25) is 0 Å². The number of nitriles is 1. The van der Waals surface area contributed by atoms with E-state index in [1.807, 2.05) is 24.3 Å². The number of amides is 1. The fourth-order valence-corrected chi connectivity index (χ4v) is 6.14. The largest absolute Gasteiger partial charge is 0.490 e. The summed E-state index contributed by atoms with van der Waals surface area (Å²) in [7, 11) is 0. The number of anilines is 2. The Morgan fingerprint density at radius 3 is 2.38 bits per heavy atom. The summed E-state index contributed by atoms with van der Waals surface area (Å²) in [4.78, 5) is 33.0. The third-order valence-corrected chi connectivity index (χ3v) is 8.36. The molecular formula is C32H29F4N5O3S. The fourth-order valence-electron chi connectivity index (χ4n) is 5.62. The van der Waals surface area contributed by atoms with Crippen molar-refractivity contribution in [2.24, 2.45) is 0 Å². The Morgan fingerprint density at radius 2 is 1.80 bits per heavy atom. The molecule has 2 aromatic carbocycles. The molecule has 2 aliphatic heterocycles. The first kappa shape index (κ1) is 32.0. The number of halogens is 4. The highest BCUT2D eigenvalue weighted by atomic mass is 32.1. The van der Waals surface area contributed by atoms with Crippen molar-refractivity contribution in [2.45, 2.75) is 50.9 Å². The van der Waals surface area contributed by atoms with Gasteiger partial charge in [0.15, 0.2) is 10.9 Å². The normalized spacial score (nSPS) is 17.4. The van der Waals surface area contributed by atoms with Gasteiger partial charge in [-0.25, -0.2) is 4.39 Å². The summed E-state index contributed by atoms with van der Waals surface area (Å²) in [6, 6.07) is 14.0. The summed E-state index contributed by atoms with van der Waals surface area (Å²) < 4.78 is 62.3. The number of hydrogen-bond acceptors (Lipinski definition) is 7. The van der Waals surface area contributed by atoms with Gasteiger partial charge in [0.2, 0.25) is 0 Å². The van der Waals surface area contributed by atoms with Gasteiger partial charge >= 0.3 is 6.18 Å². The lowest BCUT2D eigenvalue weighted by molar-refractivity contribution is -0.140. The molecule has 0 N–H and O–H groups in total. The number of benzene rings is 2. The predicted molar refractivity (Wildman–Crippen MR) is 163 cm³/mol. The maximum atomic E-state index is 15.3. The van der Waals surface area contributed by atoms with Crippen LogP contribution < -0.4 is 14.5 Å². The van der Waals surface area contributed by atoms with E-state index in [2.05, 4.69) is 9.88 Å². The van der Waals surface area contributed by atoms with Gasteiger partial charge in [0.1, 0.15) is 29.2 Å². The van der Waals surface area contributed by atoms with Crippen LogP contribution in [0.25, 0.3) is 11.3 Å².